The summed E-state index contributed by atoms with van der Waals surface area (Å²) in [7, 11) is 0. The van der Waals surface area contributed by atoms with Crippen LogP contribution in [0.5, 0.6) is 5.75 Å². The van der Waals surface area contributed by atoms with Crippen molar-refractivity contribution in [1.29, 1.82) is 0 Å². The molecule has 1 amide bonds. The molecular weight excluding hydrogens is 286 g/mol. The molecule has 0 aliphatic carbocycles. The summed E-state index contributed by atoms with van der Waals surface area (Å²) >= 11 is 0. The quantitative estimate of drug-likeness (QED) is 0.862. The fraction of sp³-hybridized carbons (Fsp3) is 0.350. The largest absolute Gasteiger partial charge is 0.481 e. The van der Waals surface area contributed by atoms with Crippen LogP contribution in [-0.2, 0) is 4.79 Å². The van der Waals surface area contributed by atoms with E-state index < -0.39 is 6.10 Å². The molecule has 2 rings (SSSR count). The maximum atomic E-state index is 12.5. The van der Waals surface area contributed by atoms with E-state index >= 15 is 0 Å². The summed E-state index contributed by atoms with van der Waals surface area (Å²) in [5, 5.41) is 3.06. The number of benzene rings is 2. The van der Waals surface area contributed by atoms with E-state index in [0.717, 1.165) is 5.56 Å². The zero-order valence-corrected chi connectivity index (χ0v) is 14.3. The molecular formula is C20H25NO2. The molecule has 0 aliphatic heterocycles. The van der Waals surface area contributed by atoms with Crippen LogP contribution in [0.4, 0.5) is 0 Å². The van der Waals surface area contributed by atoms with Crippen molar-refractivity contribution >= 4 is 5.91 Å². The molecule has 0 unspecified atom stereocenters. The highest BCUT2D eigenvalue weighted by Gasteiger charge is 2.21. The van der Waals surface area contributed by atoms with Crippen molar-refractivity contribution in [3.63, 3.8) is 0 Å². The average Bonchev–Trinajstić information content (AvgIpc) is 2.53. The molecule has 122 valence electrons. The molecule has 23 heavy (non-hydrogen) atoms. The molecule has 3 nitrogen and oxygen atoms in total. The third kappa shape index (κ3) is 4.59. The third-order valence-corrected chi connectivity index (χ3v) is 3.94. The number of nitrogens with one attached hydrogen (secondary N) is 1. The van der Waals surface area contributed by atoms with Gasteiger partial charge < -0.3 is 10.1 Å². The molecule has 0 saturated heterocycles. The molecule has 0 bridgehead atoms. The van der Waals surface area contributed by atoms with Gasteiger partial charge in [0.05, 0.1) is 6.04 Å². The van der Waals surface area contributed by atoms with Crippen LogP contribution < -0.4 is 10.1 Å². The van der Waals surface area contributed by atoms with Crippen LogP contribution in [0, 0.1) is 13.8 Å². The van der Waals surface area contributed by atoms with E-state index in [1.54, 1.807) is 0 Å². The standard InChI is InChI=1S/C20H25NO2/c1-5-19(23-17-9-7-6-8-10-17)20(22)21-16(4)18-12-11-14(2)13-15(18)3/h6-13,16,19H,5H2,1-4H3,(H,21,22)/t16-,19-/m1/s1. The zero-order chi connectivity index (χ0) is 16.8. The number of carbonyl (C=O) groups is 1. The van der Waals surface area contributed by atoms with E-state index in [9.17, 15) is 4.79 Å². The monoisotopic (exact) mass is 311 g/mol. The lowest BCUT2D eigenvalue weighted by molar-refractivity contribution is -0.128. The summed E-state index contributed by atoms with van der Waals surface area (Å²) in [6.45, 7) is 8.10. The lowest BCUT2D eigenvalue weighted by atomic mass is 10.00. The normalized spacial score (nSPS) is 13.2. The molecule has 0 radical (unpaired) electrons. The molecule has 1 N–H and O–H groups in total. The van der Waals surface area contributed by atoms with E-state index in [2.05, 4.69) is 37.4 Å². The number of amides is 1. The first kappa shape index (κ1) is 17.1. The molecule has 2 aromatic rings. The summed E-state index contributed by atoms with van der Waals surface area (Å²) in [5.41, 5.74) is 3.55. The highest BCUT2D eigenvalue weighted by Crippen LogP contribution is 2.19. The number of rotatable bonds is 6. The van der Waals surface area contributed by atoms with Gasteiger partial charge in [-0.3, -0.25) is 4.79 Å². The fourth-order valence-electron chi connectivity index (χ4n) is 2.68. The van der Waals surface area contributed by atoms with Gasteiger partial charge in [-0.1, -0.05) is 48.9 Å². The van der Waals surface area contributed by atoms with Crippen molar-refractivity contribution in [2.75, 3.05) is 0 Å². The van der Waals surface area contributed by atoms with Crippen LogP contribution in [0.15, 0.2) is 48.5 Å². The molecule has 0 aliphatic rings. The van der Waals surface area contributed by atoms with Gasteiger partial charge in [-0.2, -0.15) is 0 Å². The van der Waals surface area contributed by atoms with Crippen molar-refractivity contribution in [3.05, 3.63) is 65.2 Å². The van der Waals surface area contributed by atoms with Crippen molar-refractivity contribution < 1.29 is 9.53 Å². The maximum absolute atomic E-state index is 12.5. The third-order valence-electron chi connectivity index (χ3n) is 3.94. The molecule has 0 fully saturated rings. The van der Waals surface area contributed by atoms with Crippen LogP contribution in [-0.4, -0.2) is 12.0 Å². The number of ether oxygens (including phenoxy) is 1. The minimum atomic E-state index is -0.481. The Balaban J connectivity index is 2.03. The first-order valence-electron chi connectivity index (χ1n) is 8.10. The van der Waals surface area contributed by atoms with Crippen molar-refractivity contribution in [1.82, 2.24) is 5.32 Å². The molecule has 0 spiro atoms. The van der Waals surface area contributed by atoms with Gasteiger partial charge in [-0.25, -0.2) is 0 Å². The fourth-order valence-corrected chi connectivity index (χ4v) is 2.68. The lowest BCUT2D eigenvalue weighted by Crippen LogP contribution is -2.39. The van der Waals surface area contributed by atoms with Gasteiger partial charge in [0.15, 0.2) is 6.10 Å². The van der Waals surface area contributed by atoms with Crippen molar-refractivity contribution in [2.45, 2.75) is 46.3 Å². The number of carbonyl (C=O) groups excluding carboxylic acids is 1. The van der Waals surface area contributed by atoms with E-state index in [1.165, 1.54) is 11.1 Å². The Bertz CT molecular complexity index is 652. The van der Waals surface area contributed by atoms with Crippen LogP contribution in [0.1, 0.15) is 43.0 Å². The number of para-hydroxylation sites is 1. The van der Waals surface area contributed by atoms with Gasteiger partial charge in [-0.15, -0.1) is 0 Å². The van der Waals surface area contributed by atoms with Crippen LogP contribution in [0.3, 0.4) is 0 Å². The number of hydrogen-bond acceptors (Lipinski definition) is 2. The van der Waals surface area contributed by atoms with Gasteiger partial charge in [0.2, 0.25) is 0 Å². The smallest absolute Gasteiger partial charge is 0.261 e. The molecule has 0 heterocycles. The number of aryl methyl sites for hydroxylation is 2. The van der Waals surface area contributed by atoms with Gasteiger partial charge in [0.25, 0.3) is 5.91 Å². The van der Waals surface area contributed by atoms with Crippen molar-refractivity contribution in [3.8, 4) is 5.75 Å². The Morgan fingerprint density at radius 3 is 2.43 bits per heavy atom. The first-order valence-corrected chi connectivity index (χ1v) is 8.10. The highest BCUT2D eigenvalue weighted by molar-refractivity contribution is 5.81. The molecule has 0 saturated carbocycles. The first-order chi connectivity index (χ1) is 11.0. The zero-order valence-electron chi connectivity index (χ0n) is 14.3. The summed E-state index contributed by atoms with van der Waals surface area (Å²) in [4.78, 5) is 12.5. The van der Waals surface area contributed by atoms with E-state index in [-0.39, 0.29) is 11.9 Å². The predicted octanol–water partition coefficient (Wildman–Crippen LogP) is 4.34. The second-order valence-corrected chi connectivity index (χ2v) is 5.92. The minimum absolute atomic E-state index is 0.0449. The average molecular weight is 311 g/mol. The van der Waals surface area contributed by atoms with Crippen molar-refractivity contribution in [2.24, 2.45) is 0 Å². The summed E-state index contributed by atoms with van der Waals surface area (Å²) in [5.74, 6) is 0.637. The van der Waals surface area contributed by atoms with Gasteiger partial charge in [0, 0.05) is 0 Å². The second-order valence-electron chi connectivity index (χ2n) is 5.92. The number of hydrogen-bond donors (Lipinski definition) is 1. The van der Waals surface area contributed by atoms with Crippen LogP contribution in [0.2, 0.25) is 0 Å². The summed E-state index contributed by atoms with van der Waals surface area (Å²) < 4.78 is 5.80. The Morgan fingerprint density at radius 1 is 1.13 bits per heavy atom. The molecule has 0 aromatic heterocycles. The van der Waals surface area contributed by atoms with Gasteiger partial charge >= 0.3 is 0 Å². The van der Waals surface area contributed by atoms with Gasteiger partial charge in [-0.05, 0) is 50.5 Å². The second kappa shape index (κ2) is 7.82. The van der Waals surface area contributed by atoms with E-state index in [0.29, 0.717) is 12.2 Å². The SMILES string of the molecule is CC[C@@H](Oc1ccccc1)C(=O)N[C@H](C)c1ccc(C)cc1C. The predicted molar refractivity (Wildman–Crippen MR) is 93.6 cm³/mol. The van der Waals surface area contributed by atoms with Gasteiger partial charge in [0.1, 0.15) is 5.75 Å². The van der Waals surface area contributed by atoms with E-state index in [1.807, 2.05) is 44.2 Å². The Morgan fingerprint density at radius 2 is 1.83 bits per heavy atom. The minimum Gasteiger partial charge on any atom is -0.481 e. The summed E-state index contributed by atoms with van der Waals surface area (Å²) in [6, 6.07) is 15.7. The Hall–Kier alpha value is -2.29. The van der Waals surface area contributed by atoms with Crippen LogP contribution in [0.25, 0.3) is 0 Å². The molecule has 2 aromatic carbocycles. The molecule has 2 atom stereocenters. The van der Waals surface area contributed by atoms with E-state index in [4.69, 9.17) is 4.74 Å². The Labute approximate surface area is 138 Å². The molecule has 3 heteroatoms. The maximum Gasteiger partial charge on any atom is 0.261 e. The highest BCUT2D eigenvalue weighted by atomic mass is 16.5. The summed E-state index contributed by atoms with van der Waals surface area (Å²) in [6.07, 6.45) is 0.144. The van der Waals surface area contributed by atoms with Crippen LogP contribution >= 0.6 is 0 Å². The lowest BCUT2D eigenvalue weighted by Gasteiger charge is -2.22. The Kier molecular flexibility index (Phi) is 5.80. The topological polar surface area (TPSA) is 38.3 Å².